The number of hydrogen-bond donors (Lipinski definition) is 0. The summed E-state index contributed by atoms with van der Waals surface area (Å²) in [6.45, 7) is 0. The number of benzene rings is 3. The summed E-state index contributed by atoms with van der Waals surface area (Å²) < 4.78 is 9.04. The molecule has 142 valence electrons. The fraction of sp³-hybridized carbons (Fsp3) is 0.0800. The molecule has 1 unspecified atom stereocenters. The van der Waals surface area contributed by atoms with E-state index in [4.69, 9.17) is 9.84 Å². The third-order valence-corrected chi connectivity index (χ3v) is 5.82. The minimum Gasteiger partial charge on any atom is -0.372 e. The van der Waals surface area contributed by atoms with Crippen molar-refractivity contribution >= 4 is 32.2 Å². The molecule has 2 aromatic heterocycles. The van der Waals surface area contributed by atoms with E-state index >= 15 is 0 Å². The second-order valence-corrected chi connectivity index (χ2v) is 7.93. The summed E-state index contributed by atoms with van der Waals surface area (Å²) in [5.74, 6) is 0. The first kappa shape index (κ1) is 18.1. The van der Waals surface area contributed by atoms with E-state index in [1.54, 1.807) is 7.11 Å². The Bertz CT molecular complexity index is 1290. The third-order valence-electron chi connectivity index (χ3n) is 5.29. The van der Waals surface area contributed by atoms with Gasteiger partial charge in [-0.3, -0.25) is 0 Å². The molecule has 0 radical (unpaired) electrons. The van der Waals surface area contributed by atoms with E-state index in [2.05, 4.69) is 82.7 Å². The molecule has 3 aromatic carbocycles. The van der Waals surface area contributed by atoms with Crippen molar-refractivity contribution in [2.24, 2.45) is 0 Å². The fourth-order valence-electron chi connectivity index (χ4n) is 3.95. The second-order valence-electron chi connectivity index (χ2n) is 7.01. The van der Waals surface area contributed by atoms with Crippen molar-refractivity contribution in [3.63, 3.8) is 0 Å². The van der Waals surface area contributed by atoms with Gasteiger partial charge in [-0.25, -0.2) is 4.52 Å². The first-order chi connectivity index (χ1) is 14.3. The monoisotopic (exact) mass is 442 g/mol. The summed E-state index contributed by atoms with van der Waals surface area (Å²) in [7, 11) is 1.75. The number of fused-ring (bicyclic) bond motifs is 3. The van der Waals surface area contributed by atoms with Gasteiger partial charge < -0.3 is 4.74 Å². The van der Waals surface area contributed by atoms with Crippen LogP contribution in [-0.4, -0.2) is 16.7 Å². The summed E-state index contributed by atoms with van der Waals surface area (Å²) in [4.78, 5) is 0. The van der Waals surface area contributed by atoms with Gasteiger partial charge in [-0.2, -0.15) is 5.10 Å². The van der Waals surface area contributed by atoms with Gasteiger partial charge in [0, 0.05) is 28.1 Å². The molecule has 0 saturated carbocycles. The number of rotatable bonds is 4. The Morgan fingerprint density at radius 2 is 1.62 bits per heavy atom. The van der Waals surface area contributed by atoms with Crippen molar-refractivity contribution in [2.75, 3.05) is 7.11 Å². The molecule has 5 aromatic rings. The van der Waals surface area contributed by atoms with Crippen LogP contribution in [0.1, 0.15) is 17.2 Å². The maximum absolute atomic E-state index is 5.95. The lowest BCUT2D eigenvalue weighted by Crippen LogP contribution is -2.04. The van der Waals surface area contributed by atoms with Gasteiger partial charge in [0.1, 0.15) is 6.10 Å². The maximum atomic E-state index is 5.95. The topological polar surface area (TPSA) is 26.5 Å². The molecule has 0 amide bonds. The molecule has 5 rings (SSSR count). The second kappa shape index (κ2) is 7.47. The van der Waals surface area contributed by atoms with Crippen LogP contribution in [0.2, 0.25) is 0 Å². The molecule has 3 nitrogen and oxygen atoms in total. The highest BCUT2D eigenvalue weighted by Crippen LogP contribution is 2.35. The van der Waals surface area contributed by atoms with E-state index in [0.717, 1.165) is 32.4 Å². The minimum absolute atomic E-state index is 0.199. The SMILES string of the molecule is COC(c1ccc(Br)cc1)c1cnn2c(-c3ccccc3)cc3ccccc3c12. The van der Waals surface area contributed by atoms with Gasteiger partial charge in [-0.1, -0.05) is 82.7 Å². The number of halogens is 1. The molecule has 2 heterocycles. The smallest absolute Gasteiger partial charge is 0.111 e. The first-order valence-electron chi connectivity index (χ1n) is 9.49. The molecule has 0 spiro atoms. The molecule has 0 saturated heterocycles. The number of hydrogen-bond acceptors (Lipinski definition) is 2. The quantitative estimate of drug-likeness (QED) is 0.311. The van der Waals surface area contributed by atoms with Crippen molar-refractivity contribution in [3.05, 3.63) is 107 Å². The van der Waals surface area contributed by atoms with Gasteiger partial charge in [-0.05, 0) is 29.1 Å². The molecular weight excluding hydrogens is 424 g/mol. The van der Waals surface area contributed by atoms with Crippen LogP contribution in [0.25, 0.3) is 27.5 Å². The van der Waals surface area contributed by atoms with Crippen LogP contribution >= 0.6 is 15.9 Å². The number of methoxy groups -OCH3 is 1. The molecule has 0 aliphatic rings. The number of ether oxygens (including phenoxy) is 1. The summed E-state index contributed by atoms with van der Waals surface area (Å²) in [5.41, 5.74) is 5.44. The largest absolute Gasteiger partial charge is 0.372 e. The minimum atomic E-state index is -0.199. The van der Waals surface area contributed by atoms with Crippen molar-refractivity contribution in [1.29, 1.82) is 0 Å². The summed E-state index contributed by atoms with van der Waals surface area (Å²) in [6.07, 6.45) is 1.74. The van der Waals surface area contributed by atoms with Crippen LogP contribution < -0.4 is 0 Å². The third kappa shape index (κ3) is 3.15. The van der Waals surface area contributed by atoms with E-state index in [0.29, 0.717) is 0 Å². The van der Waals surface area contributed by atoms with Gasteiger partial charge >= 0.3 is 0 Å². The Labute approximate surface area is 177 Å². The molecule has 1 atom stereocenters. The molecule has 0 fully saturated rings. The van der Waals surface area contributed by atoms with Crippen LogP contribution in [0.3, 0.4) is 0 Å². The Balaban J connectivity index is 1.81. The van der Waals surface area contributed by atoms with Gasteiger partial charge in [0.2, 0.25) is 0 Å². The summed E-state index contributed by atoms with van der Waals surface area (Å²) in [5, 5.41) is 7.14. The first-order valence-corrected chi connectivity index (χ1v) is 10.3. The number of pyridine rings is 1. The zero-order chi connectivity index (χ0) is 19.8. The average Bonchev–Trinajstić information content (AvgIpc) is 3.21. The standard InChI is InChI=1S/C25H19BrN2O/c1-29-25(18-11-13-20(26)14-12-18)22-16-27-28-23(17-7-3-2-4-8-17)15-19-9-5-6-10-21(19)24(22)28/h2-16,25H,1H3. The van der Waals surface area contributed by atoms with E-state index < -0.39 is 0 Å². The fourth-order valence-corrected chi connectivity index (χ4v) is 4.21. The van der Waals surface area contributed by atoms with E-state index in [1.807, 2.05) is 28.9 Å². The van der Waals surface area contributed by atoms with Crippen LogP contribution in [0.15, 0.2) is 95.6 Å². The highest BCUT2D eigenvalue weighted by atomic mass is 79.9. The maximum Gasteiger partial charge on any atom is 0.111 e. The van der Waals surface area contributed by atoms with E-state index in [-0.39, 0.29) is 6.10 Å². The Morgan fingerprint density at radius 1 is 0.897 bits per heavy atom. The molecule has 0 N–H and O–H groups in total. The summed E-state index contributed by atoms with van der Waals surface area (Å²) in [6, 6.07) is 29.3. The Hall–Kier alpha value is -2.95. The Kier molecular flexibility index (Phi) is 4.66. The van der Waals surface area contributed by atoms with Gasteiger partial charge in [0.15, 0.2) is 0 Å². The van der Waals surface area contributed by atoms with Gasteiger partial charge in [0.25, 0.3) is 0 Å². The van der Waals surface area contributed by atoms with Crippen LogP contribution in [0.5, 0.6) is 0 Å². The van der Waals surface area contributed by atoms with Crippen LogP contribution in [-0.2, 0) is 4.74 Å². The lowest BCUT2D eigenvalue weighted by atomic mass is 9.99. The predicted octanol–water partition coefficient (Wildman–Crippen LogP) is 6.65. The van der Waals surface area contributed by atoms with Crippen LogP contribution in [0, 0.1) is 0 Å². The molecule has 4 heteroatoms. The van der Waals surface area contributed by atoms with Gasteiger partial charge in [-0.15, -0.1) is 0 Å². The zero-order valence-electron chi connectivity index (χ0n) is 15.9. The van der Waals surface area contributed by atoms with Crippen molar-refractivity contribution < 1.29 is 4.74 Å². The average molecular weight is 443 g/mol. The van der Waals surface area contributed by atoms with Crippen molar-refractivity contribution in [2.45, 2.75) is 6.10 Å². The molecular formula is C25H19BrN2O. The molecule has 29 heavy (non-hydrogen) atoms. The molecule has 0 aliphatic carbocycles. The van der Waals surface area contributed by atoms with Gasteiger partial charge in [0.05, 0.1) is 17.4 Å². The lowest BCUT2D eigenvalue weighted by Gasteiger charge is -2.17. The lowest BCUT2D eigenvalue weighted by molar-refractivity contribution is 0.137. The predicted molar refractivity (Wildman–Crippen MR) is 121 cm³/mol. The zero-order valence-corrected chi connectivity index (χ0v) is 17.5. The molecule has 0 aliphatic heterocycles. The summed E-state index contributed by atoms with van der Waals surface area (Å²) >= 11 is 3.52. The normalized spacial score (nSPS) is 12.5. The van der Waals surface area contributed by atoms with Crippen LogP contribution in [0.4, 0.5) is 0 Å². The van der Waals surface area contributed by atoms with E-state index in [1.165, 1.54) is 10.8 Å². The van der Waals surface area contributed by atoms with E-state index in [9.17, 15) is 0 Å². The number of nitrogens with zero attached hydrogens (tertiary/aromatic N) is 2. The molecule has 0 bridgehead atoms. The number of aromatic nitrogens is 2. The highest BCUT2D eigenvalue weighted by Gasteiger charge is 2.21. The highest BCUT2D eigenvalue weighted by molar-refractivity contribution is 9.10. The Morgan fingerprint density at radius 3 is 2.38 bits per heavy atom. The van der Waals surface area contributed by atoms with Crippen molar-refractivity contribution in [1.82, 2.24) is 9.61 Å². The van der Waals surface area contributed by atoms with Crippen molar-refractivity contribution in [3.8, 4) is 11.3 Å².